The second-order valence-corrected chi connectivity index (χ2v) is 0.983. The summed E-state index contributed by atoms with van der Waals surface area (Å²) in [6.45, 7) is 1.94. The summed E-state index contributed by atoms with van der Waals surface area (Å²) < 4.78 is 0. The Balaban J connectivity index is -0.0000000380. The highest BCUT2D eigenvalue weighted by molar-refractivity contribution is 5.60. The molecule has 0 heterocycles. The summed E-state index contributed by atoms with van der Waals surface area (Å²) in [6.07, 6.45) is 0. The zero-order valence-electron chi connectivity index (χ0n) is 8.05. The van der Waals surface area contributed by atoms with Crippen molar-refractivity contribution in [3.63, 3.8) is 0 Å². The van der Waals surface area contributed by atoms with Crippen molar-refractivity contribution in [3.05, 3.63) is 0 Å². The molecule has 0 saturated heterocycles. The van der Waals surface area contributed by atoms with Gasteiger partial charge in [-0.15, -0.1) is 0 Å². The maximum Gasteiger partial charge on any atom is 0.0634 e. The minimum absolute atomic E-state index is 0.972. The zero-order valence-corrected chi connectivity index (χ0v) is 8.05. The van der Waals surface area contributed by atoms with Gasteiger partial charge < -0.3 is 31.3 Å². The van der Waals surface area contributed by atoms with Gasteiger partial charge in [0.25, 0.3) is 0 Å². The number of carbonyl (C=O) groups excluding carboxylic acids is 2. The van der Waals surface area contributed by atoms with Gasteiger partial charge in [0.2, 0.25) is 0 Å². The molecular formula is C6H18N2O4. The van der Waals surface area contributed by atoms with Crippen molar-refractivity contribution in [1.29, 1.82) is 0 Å². The number of carboxylic acid groups (broad SMARTS) is 2. The molecule has 0 fully saturated rings. The molecule has 0 aromatic heterocycles. The third-order valence-corrected chi connectivity index (χ3v) is 0. The molecule has 6 nitrogen and oxygen atoms in total. The van der Waals surface area contributed by atoms with Crippen molar-refractivity contribution in [3.8, 4) is 0 Å². The van der Waals surface area contributed by atoms with Gasteiger partial charge in [0.1, 0.15) is 0 Å². The van der Waals surface area contributed by atoms with Crippen LogP contribution in [-0.4, -0.2) is 26.0 Å². The maximum atomic E-state index is 8.89. The molecule has 0 spiro atoms. The molecule has 0 aliphatic heterocycles. The summed E-state index contributed by atoms with van der Waals surface area (Å²) in [5.74, 6) is -2.17. The second-order valence-electron chi connectivity index (χ2n) is 0.983. The molecule has 0 radical (unpaired) electrons. The Morgan fingerprint density at radius 1 is 0.833 bits per heavy atom. The lowest BCUT2D eigenvalue weighted by atomic mass is 10.9. The average Bonchev–Trinajstić information content (AvgIpc) is 1.93. The Hall–Kier alpha value is -1.14. The van der Waals surface area contributed by atoms with Crippen molar-refractivity contribution in [2.24, 2.45) is 0 Å². The summed E-state index contributed by atoms with van der Waals surface area (Å²) in [5, 5.41) is 17.8. The molecule has 0 rings (SSSR count). The fourth-order valence-corrected chi connectivity index (χ4v) is 0. The van der Waals surface area contributed by atoms with Gasteiger partial charge in [-0.2, -0.15) is 0 Å². The van der Waals surface area contributed by atoms with Gasteiger partial charge in [0.05, 0.1) is 14.1 Å². The number of quaternary nitrogens is 2. The monoisotopic (exact) mass is 182 g/mol. The highest BCUT2D eigenvalue weighted by Gasteiger charge is 1.46. The van der Waals surface area contributed by atoms with Crippen LogP contribution in [0.2, 0.25) is 0 Å². The van der Waals surface area contributed by atoms with Crippen molar-refractivity contribution < 1.29 is 31.3 Å². The Kier molecular flexibility index (Phi) is 61.3. The van der Waals surface area contributed by atoms with Gasteiger partial charge in [0, 0.05) is 11.9 Å². The topological polar surface area (TPSA) is 136 Å². The molecule has 6 N–H and O–H groups in total. The van der Waals surface area contributed by atoms with Crippen molar-refractivity contribution in [1.82, 2.24) is 0 Å². The van der Waals surface area contributed by atoms with E-state index in [9.17, 15) is 0 Å². The summed E-state index contributed by atoms with van der Waals surface area (Å²) in [4.78, 5) is 17.8. The van der Waals surface area contributed by atoms with E-state index in [1.54, 1.807) is 14.1 Å². The number of rotatable bonds is 0. The van der Waals surface area contributed by atoms with Crippen LogP contribution in [0.4, 0.5) is 0 Å². The quantitative estimate of drug-likeness (QED) is 0.388. The van der Waals surface area contributed by atoms with Gasteiger partial charge in [-0.05, 0) is 13.8 Å². The highest BCUT2D eigenvalue weighted by Crippen LogP contribution is 1.31. The predicted octanol–water partition coefficient (Wildman–Crippen LogP) is -4.77. The molecule has 0 amide bonds. The largest absolute Gasteiger partial charge is 0.550 e. The van der Waals surface area contributed by atoms with E-state index < -0.39 is 11.9 Å². The van der Waals surface area contributed by atoms with Crippen molar-refractivity contribution in [2.45, 2.75) is 13.8 Å². The molecule has 0 saturated carbocycles. The molecule has 12 heavy (non-hydrogen) atoms. The molecule has 0 aromatic carbocycles. The molecular weight excluding hydrogens is 164 g/mol. The first-order valence-corrected chi connectivity index (χ1v) is 3.23. The summed E-state index contributed by atoms with van der Waals surface area (Å²) in [6, 6.07) is 0. The first-order chi connectivity index (χ1) is 5.46. The van der Waals surface area contributed by atoms with Gasteiger partial charge in [-0.1, -0.05) is 0 Å². The third kappa shape index (κ3) is 421. The SMILES string of the molecule is CC(=O)[O-].CC(=O)[O-].C[NH3+].C[NH3+]. The zero-order chi connectivity index (χ0) is 11.2. The molecule has 0 aliphatic rings. The van der Waals surface area contributed by atoms with E-state index in [0.29, 0.717) is 0 Å². The van der Waals surface area contributed by atoms with E-state index in [1.165, 1.54) is 0 Å². The Morgan fingerprint density at radius 2 is 0.833 bits per heavy atom. The molecule has 76 valence electrons. The third-order valence-electron chi connectivity index (χ3n) is 0. The standard InChI is InChI=1S/2C2H4O2.2CH5N/c2*1-2(3)4;2*1-2/h2*1H3,(H,3,4);2*2H2,1H3. The van der Waals surface area contributed by atoms with Gasteiger partial charge >= 0.3 is 0 Å². The fourth-order valence-electron chi connectivity index (χ4n) is 0. The van der Waals surface area contributed by atoms with Crippen LogP contribution >= 0.6 is 0 Å². The maximum absolute atomic E-state index is 8.89. The van der Waals surface area contributed by atoms with Crippen molar-refractivity contribution >= 4 is 11.9 Å². The van der Waals surface area contributed by atoms with Crippen LogP contribution in [0, 0.1) is 0 Å². The highest BCUT2D eigenvalue weighted by atomic mass is 16.4. The van der Waals surface area contributed by atoms with E-state index >= 15 is 0 Å². The molecule has 0 atom stereocenters. The predicted molar refractivity (Wildman–Crippen MR) is 39.0 cm³/mol. The lowest BCUT2D eigenvalue weighted by Gasteiger charge is -1.77. The van der Waals surface area contributed by atoms with Crippen LogP contribution in [0.3, 0.4) is 0 Å². The van der Waals surface area contributed by atoms with Crippen LogP contribution in [0.1, 0.15) is 13.8 Å². The Labute approximate surface area is 72.2 Å². The number of carbonyl (C=O) groups is 2. The fraction of sp³-hybridized carbons (Fsp3) is 0.667. The molecule has 0 bridgehead atoms. The Morgan fingerprint density at radius 3 is 0.833 bits per heavy atom. The molecule has 0 unspecified atom stereocenters. The van der Waals surface area contributed by atoms with E-state index in [2.05, 4.69) is 11.5 Å². The summed E-state index contributed by atoms with van der Waals surface area (Å²) >= 11 is 0. The normalized spacial score (nSPS) is 5.17. The number of hydrogen-bond acceptors (Lipinski definition) is 4. The van der Waals surface area contributed by atoms with Crippen LogP contribution in [0.5, 0.6) is 0 Å². The minimum atomic E-state index is -1.08. The molecule has 6 heteroatoms. The molecule has 0 aromatic rings. The van der Waals surface area contributed by atoms with E-state index in [4.69, 9.17) is 19.8 Å². The van der Waals surface area contributed by atoms with Crippen molar-refractivity contribution in [2.75, 3.05) is 14.1 Å². The lowest BCUT2D eigenvalue weighted by molar-refractivity contribution is -0.325. The van der Waals surface area contributed by atoms with Crippen LogP contribution in [0.25, 0.3) is 0 Å². The van der Waals surface area contributed by atoms with E-state index in [-0.39, 0.29) is 0 Å². The lowest BCUT2D eigenvalue weighted by Crippen LogP contribution is -2.40. The number of carboxylic acids is 2. The number of aliphatic carboxylic acids is 2. The van der Waals surface area contributed by atoms with Crippen LogP contribution < -0.4 is 21.7 Å². The first kappa shape index (κ1) is 22.4. The first-order valence-electron chi connectivity index (χ1n) is 3.23. The number of hydrogen-bond donors (Lipinski definition) is 2. The van der Waals surface area contributed by atoms with E-state index in [0.717, 1.165) is 13.8 Å². The van der Waals surface area contributed by atoms with Crippen LogP contribution in [-0.2, 0) is 9.59 Å². The van der Waals surface area contributed by atoms with Gasteiger partial charge in [-0.3, -0.25) is 0 Å². The summed E-state index contributed by atoms with van der Waals surface area (Å²) in [5.41, 5.74) is 6.50. The molecule has 0 aliphatic carbocycles. The Bertz CT molecular complexity index is 75.5. The summed E-state index contributed by atoms with van der Waals surface area (Å²) in [7, 11) is 3.50. The second kappa shape index (κ2) is 32.8. The van der Waals surface area contributed by atoms with Crippen LogP contribution in [0.15, 0.2) is 0 Å². The average molecular weight is 182 g/mol. The van der Waals surface area contributed by atoms with Gasteiger partial charge in [-0.25, -0.2) is 0 Å². The van der Waals surface area contributed by atoms with E-state index in [1.807, 2.05) is 0 Å². The smallest absolute Gasteiger partial charge is 0.0634 e. The van der Waals surface area contributed by atoms with Gasteiger partial charge in [0.15, 0.2) is 0 Å². The minimum Gasteiger partial charge on any atom is -0.550 e.